The van der Waals surface area contributed by atoms with Gasteiger partial charge in [-0.05, 0) is 12.1 Å². The van der Waals surface area contributed by atoms with E-state index in [4.69, 9.17) is 9.47 Å². The fraction of sp³-hybridized carbons (Fsp3) is 0.222. The molecule has 3 nitrogen and oxygen atoms in total. The Kier molecular flexibility index (Phi) is 2.69. The standard InChI is InChI=1S/C9H11NO2/c1-7(11-2)9-8(12-3)5-4-6-10-9/h4-6H,1H2,2-3H3. The first kappa shape index (κ1) is 8.59. The molecule has 12 heavy (non-hydrogen) atoms. The minimum absolute atomic E-state index is 0.507. The van der Waals surface area contributed by atoms with Crippen LogP contribution in [0, 0.1) is 0 Å². The van der Waals surface area contributed by atoms with Gasteiger partial charge in [-0.25, -0.2) is 4.98 Å². The van der Waals surface area contributed by atoms with Crippen molar-refractivity contribution in [3.05, 3.63) is 30.6 Å². The van der Waals surface area contributed by atoms with E-state index in [0.29, 0.717) is 17.2 Å². The molecular formula is C9H11NO2. The van der Waals surface area contributed by atoms with Crippen molar-refractivity contribution in [1.29, 1.82) is 0 Å². The number of hydrogen-bond acceptors (Lipinski definition) is 3. The van der Waals surface area contributed by atoms with E-state index in [0.717, 1.165) is 0 Å². The van der Waals surface area contributed by atoms with Gasteiger partial charge in [0.15, 0.2) is 0 Å². The summed E-state index contributed by atoms with van der Waals surface area (Å²) < 4.78 is 10.0. The first-order valence-electron chi connectivity index (χ1n) is 3.52. The summed E-state index contributed by atoms with van der Waals surface area (Å²) in [5.41, 5.74) is 0.641. The van der Waals surface area contributed by atoms with Crippen LogP contribution >= 0.6 is 0 Å². The molecule has 0 N–H and O–H groups in total. The van der Waals surface area contributed by atoms with Crippen LogP contribution in [0.2, 0.25) is 0 Å². The van der Waals surface area contributed by atoms with Crippen LogP contribution < -0.4 is 4.74 Å². The number of methoxy groups -OCH3 is 2. The van der Waals surface area contributed by atoms with Crippen molar-refractivity contribution in [2.75, 3.05) is 14.2 Å². The Morgan fingerprint density at radius 2 is 2.25 bits per heavy atom. The highest BCUT2D eigenvalue weighted by molar-refractivity contribution is 5.59. The van der Waals surface area contributed by atoms with Crippen molar-refractivity contribution in [2.45, 2.75) is 0 Å². The highest BCUT2D eigenvalue weighted by Gasteiger charge is 2.06. The topological polar surface area (TPSA) is 31.4 Å². The van der Waals surface area contributed by atoms with Gasteiger partial charge in [0.25, 0.3) is 0 Å². The Morgan fingerprint density at radius 3 is 2.83 bits per heavy atom. The Balaban J connectivity index is 3.04. The van der Waals surface area contributed by atoms with Crippen LogP contribution in [-0.2, 0) is 4.74 Å². The first-order valence-corrected chi connectivity index (χ1v) is 3.52. The van der Waals surface area contributed by atoms with Crippen molar-refractivity contribution >= 4 is 5.76 Å². The molecule has 0 aliphatic carbocycles. The molecule has 0 amide bonds. The number of pyridine rings is 1. The summed E-state index contributed by atoms with van der Waals surface area (Å²) in [5, 5.41) is 0. The maximum absolute atomic E-state index is 5.06. The zero-order chi connectivity index (χ0) is 8.97. The van der Waals surface area contributed by atoms with Crippen LogP contribution in [-0.4, -0.2) is 19.2 Å². The van der Waals surface area contributed by atoms with Gasteiger partial charge in [0.2, 0.25) is 0 Å². The van der Waals surface area contributed by atoms with Gasteiger partial charge < -0.3 is 9.47 Å². The van der Waals surface area contributed by atoms with Crippen molar-refractivity contribution in [2.24, 2.45) is 0 Å². The highest BCUT2D eigenvalue weighted by Crippen LogP contribution is 2.21. The molecule has 0 radical (unpaired) electrons. The molecule has 0 bridgehead atoms. The van der Waals surface area contributed by atoms with Crippen LogP contribution in [0.3, 0.4) is 0 Å². The van der Waals surface area contributed by atoms with E-state index >= 15 is 0 Å². The Morgan fingerprint density at radius 1 is 1.50 bits per heavy atom. The molecule has 0 spiro atoms. The maximum Gasteiger partial charge on any atom is 0.148 e. The maximum atomic E-state index is 5.06. The SMILES string of the molecule is C=C(OC)c1ncccc1OC. The van der Waals surface area contributed by atoms with Gasteiger partial charge in [-0.3, -0.25) is 0 Å². The third-order valence-electron chi connectivity index (χ3n) is 1.50. The number of aromatic nitrogens is 1. The van der Waals surface area contributed by atoms with Crippen LogP contribution in [0.15, 0.2) is 24.9 Å². The minimum Gasteiger partial charge on any atom is -0.495 e. The van der Waals surface area contributed by atoms with E-state index < -0.39 is 0 Å². The summed E-state index contributed by atoms with van der Waals surface area (Å²) in [5.74, 6) is 1.18. The number of rotatable bonds is 3. The molecule has 1 rings (SSSR count). The van der Waals surface area contributed by atoms with E-state index in [9.17, 15) is 0 Å². The molecule has 1 aromatic rings. The molecule has 0 unspecified atom stereocenters. The van der Waals surface area contributed by atoms with Gasteiger partial charge in [-0.15, -0.1) is 0 Å². The lowest BCUT2D eigenvalue weighted by Gasteiger charge is -2.07. The van der Waals surface area contributed by atoms with Gasteiger partial charge in [-0.2, -0.15) is 0 Å². The Hall–Kier alpha value is -1.51. The molecule has 0 fully saturated rings. The lowest BCUT2D eigenvalue weighted by molar-refractivity contribution is 0.360. The fourth-order valence-corrected chi connectivity index (χ4v) is 0.861. The first-order chi connectivity index (χ1) is 5.79. The highest BCUT2D eigenvalue weighted by atomic mass is 16.5. The second-order valence-corrected chi connectivity index (χ2v) is 2.18. The predicted octanol–water partition coefficient (Wildman–Crippen LogP) is 1.71. The van der Waals surface area contributed by atoms with Crippen molar-refractivity contribution in [3.8, 4) is 5.75 Å². The van der Waals surface area contributed by atoms with Crippen LogP contribution in [0.5, 0.6) is 5.75 Å². The predicted molar refractivity (Wildman–Crippen MR) is 46.8 cm³/mol. The second kappa shape index (κ2) is 3.76. The number of ether oxygens (including phenoxy) is 2. The largest absolute Gasteiger partial charge is 0.495 e. The zero-order valence-electron chi connectivity index (χ0n) is 7.20. The number of nitrogens with zero attached hydrogens (tertiary/aromatic N) is 1. The summed E-state index contributed by atoms with van der Waals surface area (Å²) in [6.45, 7) is 3.69. The smallest absolute Gasteiger partial charge is 0.148 e. The molecule has 1 heterocycles. The molecule has 0 aliphatic rings. The Labute approximate surface area is 71.6 Å². The summed E-state index contributed by atoms with van der Waals surface area (Å²) in [4.78, 5) is 4.07. The zero-order valence-corrected chi connectivity index (χ0v) is 7.20. The van der Waals surface area contributed by atoms with Crippen molar-refractivity contribution in [1.82, 2.24) is 4.98 Å². The molecule has 0 aliphatic heterocycles. The monoisotopic (exact) mass is 165 g/mol. The third kappa shape index (κ3) is 1.56. The molecule has 0 saturated heterocycles. The normalized spacial score (nSPS) is 9.17. The third-order valence-corrected chi connectivity index (χ3v) is 1.50. The van der Waals surface area contributed by atoms with Crippen LogP contribution in [0.25, 0.3) is 5.76 Å². The Bertz CT molecular complexity index is 284. The summed E-state index contributed by atoms with van der Waals surface area (Å²) in [7, 11) is 3.14. The molecule has 1 aromatic heterocycles. The lowest BCUT2D eigenvalue weighted by Crippen LogP contribution is -1.94. The average Bonchev–Trinajstić information content (AvgIpc) is 2.16. The van der Waals surface area contributed by atoms with E-state index in [1.165, 1.54) is 0 Å². The van der Waals surface area contributed by atoms with Crippen LogP contribution in [0.4, 0.5) is 0 Å². The van der Waals surface area contributed by atoms with E-state index in [-0.39, 0.29) is 0 Å². The van der Waals surface area contributed by atoms with Gasteiger partial charge in [0.05, 0.1) is 14.2 Å². The van der Waals surface area contributed by atoms with E-state index in [1.54, 1.807) is 26.5 Å². The average molecular weight is 165 g/mol. The van der Waals surface area contributed by atoms with Gasteiger partial charge in [0, 0.05) is 6.20 Å². The van der Waals surface area contributed by atoms with Crippen molar-refractivity contribution < 1.29 is 9.47 Å². The van der Waals surface area contributed by atoms with E-state index in [2.05, 4.69) is 11.6 Å². The fourth-order valence-electron chi connectivity index (χ4n) is 0.861. The molecule has 0 atom stereocenters. The van der Waals surface area contributed by atoms with Crippen molar-refractivity contribution in [3.63, 3.8) is 0 Å². The quantitative estimate of drug-likeness (QED) is 0.639. The molecule has 0 saturated carbocycles. The summed E-state index contributed by atoms with van der Waals surface area (Å²) in [6.07, 6.45) is 1.67. The minimum atomic E-state index is 0.507. The van der Waals surface area contributed by atoms with Crippen LogP contribution in [0.1, 0.15) is 5.69 Å². The molecule has 3 heteroatoms. The molecular weight excluding hydrogens is 154 g/mol. The van der Waals surface area contributed by atoms with Gasteiger partial charge >= 0.3 is 0 Å². The second-order valence-electron chi connectivity index (χ2n) is 2.18. The summed E-state index contributed by atoms with van der Waals surface area (Å²) in [6, 6.07) is 3.61. The van der Waals surface area contributed by atoms with E-state index in [1.807, 2.05) is 6.07 Å². The van der Waals surface area contributed by atoms with Gasteiger partial charge in [-0.1, -0.05) is 6.58 Å². The van der Waals surface area contributed by atoms with Gasteiger partial charge in [0.1, 0.15) is 17.2 Å². The number of hydrogen-bond donors (Lipinski definition) is 0. The lowest BCUT2D eigenvalue weighted by atomic mass is 10.3. The summed E-state index contributed by atoms with van der Waals surface area (Å²) >= 11 is 0. The molecule has 64 valence electrons. The molecule has 0 aromatic carbocycles.